The number of hydrogen-bond donors (Lipinski definition) is 0. The van der Waals surface area contributed by atoms with Crippen LogP contribution in [0, 0.1) is 0 Å². The first-order valence-electron chi connectivity index (χ1n) is 10.2. The molecule has 0 saturated carbocycles. The molecule has 0 unspecified atom stereocenters. The summed E-state index contributed by atoms with van der Waals surface area (Å²) in [5.74, 6) is 1.44. The highest BCUT2D eigenvalue weighted by Crippen LogP contribution is 2.29. The molecule has 0 atom stereocenters. The van der Waals surface area contributed by atoms with Crippen LogP contribution in [0.4, 0.5) is 0 Å². The van der Waals surface area contributed by atoms with Crippen LogP contribution in [-0.4, -0.2) is 22.5 Å². The van der Waals surface area contributed by atoms with E-state index >= 15 is 0 Å². The third kappa shape index (κ3) is 4.16. The van der Waals surface area contributed by atoms with E-state index in [-0.39, 0.29) is 5.56 Å². The van der Waals surface area contributed by atoms with Crippen LogP contribution in [0.3, 0.4) is 0 Å². The lowest BCUT2D eigenvalue weighted by Crippen LogP contribution is -2.20. The van der Waals surface area contributed by atoms with E-state index in [1.807, 2.05) is 30.3 Å². The number of aromatic nitrogens is 2. The van der Waals surface area contributed by atoms with Crippen LogP contribution in [0.5, 0.6) is 5.75 Å². The second-order valence-electron chi connectivity index (χ2n) is 7.28. The van der Waals surface area contributed by atoms with Crippen molar-refractivity contribution in [2.75, 3.05) is 6.61 Å². The van der Waals surface area contributed by atoms with Crippen LogP contribution >= 0.6 is 11.6 Å². The van der Waals surface area contributed by atoms with Gasteiger partial charge in [-0.25, -0.2) is 4.98 Å². The molecule has 0 saturated heterocycles. The van der Waals surface area contributed by atoms with Crippen LogP contribution < -0.4 is 10.3 Å². The van der Waals surface area contributed by atoms with Crippen molar-refractivity contribution in [3.63, 3.8) is 0 Å². The third-order valence-electron chi connectivity index (χ3n) is 5.02. The van der Waals surface area contributed by atoms with Crippen LogP contribution in [0.15, 0.2) is 99.8 Å². The predicted molar refractivity (Wildman–Crippen MR) is 131 cm³/mol. The zero-order valence-electron chi connectivity index (χ0n) is 17.4. The molecule has 0 radical (unpaired) electrons. The van der Waals surface area contributed by atoms with Crippen molar-refractivity contribution in [1.82, 2.24) is 9.66 Å². The van der Waals surface area contributed by atoms with Gasteiger partial charge in [-0.15, -0.1) is 0 Å². The molecule has 162 valence electrons. The first-order chi connectivity index (χ1) is 16.1. The van der Waals surface area contributed by atoms with Gasteiger partial charge in [0.15, 0.2) is 5.76 Å². The molecule has 0 amide bonds. The minimum Gasteiger partial charge on any atom is -0.490 e. The third-order valence-corrected chi connectivity index (χ3v) is 5.26. The van der Waals surface area contributed by atoms with Gasteiger partial charge in [0, 0.05) is 10.4 Å². The van der Waals surface area contributed by atoms with E-state index in [2.05, 4.69) is 16.7 Å². The van der Waals surface area contributed by atoms with Crippen LogP contribution in [0.2, 0.25) is 5.02 Å². The highest BCUT2D eigenvalue weighted by molar-refractivity contribution is 6.31. The Morgan fingerprint density at radius 1 is 1.09 bits per heavy atom. The summed E-state index contributed by atoms with van der Waals surface area (Å²) in [4.78, 5) is 18.0. The van der Waals surface area contributed by atoms with Crippen molar-refractivity contribution in [3.8, 4) is 17.3 Å². The summed E-state index contributed by atoms with van der Waals surface area (Å²) in [5, 5.41) is 6.32. The number of benzene rings is 3. The maximum atomic E-state index is 13.3. The Balaban J connectivity index is 1.62. The number of para-hydroxylation sites is 1. The van der Waals surface area contributed by atoms with E-state index in [1.165, 1.54) is 4.68 Å². The van der Waals surface area contributed by atoms with E-state index in [4.69, 9.17) is 20.8 Å². The van der Waals surface area contributed by atoms with Crippen LogP contribution in [0.25, 0.3) is 33.5 Å². The Labute approximate surface area is 194 Å². The van der Waals surface area contributed by atoms with Gasteiger partial charge in [0.2, 0.25) is 5.82 Å². The summed E-state index contributed by atoms with van der Waals surface area (Å²) in [6.07, 6.45) is 3.28. The van der Waals surface area contributed by atoms with Crippen molar-refractivity contribution in [1.29, 1.82) is 0 Å². The minimum absolute atomic E-state index is 0.295. The summed E-state index contributed by atoms with van der Waals surface area (Å²) in [6.45, 7) is 4.07. The molecule has 3 aromatic carbocycles. The molecular formula is C26H18ClN3O3. The highest BCUT2D eigenvalue weighted by Gasteiger charge is 2.16. The Kier molecular flexibility index (Phi) is 5.50. The van der Waals surface area contributed by atoms with Gasteiger partial charge >= 0.3 is 0 Å². The second-order valence-corrected chi connectivity index (χ2v) is 7.71. The maximum Gasteiger partial charge on any atom is 0.282 e. The van der Waals surface area contributed by atoms with E-state index in [1.54, 1.807) is 54.8 Å². The smallest absolute Gasteiger partial charge is 0.282 e. The first kappa shape index (κ1) is 20.7. The topological polar surface area (TPSA) is 69.6 Å². The van der Waals surface area contributed by atoms with Gasteiger partial charge in [-0.3, -0.25) is 4.79 Å². The van der Waals surface area contributed by atoms with Gasteiger partial charge in [0.25, 0.3) is 5.56 Å². The second kappa shape index (κ2) is 8.76. The largest absolute Gasteiger partial charge is 0.490 e. The lowest BCUT2D eigenvalue weighted by atomic mass is 10.2. The molecule has 0 aliphatic rings. The molecule has 7 heteroatoms. The summed E-state index contributed by atoms with van der Waals surface area (Å²) < 4.78 is 12.7. The van der Waals surface area contributed by atoms with Gasteiger partial charge < -0.3 is 9.15 Å². The Hall–Kier alpha value is -4.16. The van der Waals surface area contributed by atoms with E-state index in [9.17, 15) is 4.79 Å². The Morgan fingerprint density at radius 3 is 2.73 bits per heavy atom. The maximum absolute atomic E-state index is 13.3. The number of fused-ring (bicyclic) bond motifs is 2. The molecule has 2 aromatic heterocycles. The van der Waals surface area contributed by atoms with Gasteiger partial charge in [-0.05, 0) is 66.2 Å². The lowest BCUT2D eigenvalue weighted by molar-refractivity contribution is 0.363. The standard InChI is InChI=1S/C26H18ClN3O3/c1-2-13-32-20-10-7-17(8-11-20)16-28-30-25(29-22-6-4-3-5-21(22)26(30)31)24-15-18-14-19(27)9-12-23(18)33-24/h2-12,14-16H,1,13H2. The molecule has 0 aliphatic heterocycles. The molecule has 6 nitrogen and oxygen atoms in total. The summed E-state index contributed by atoms with van der Waals surface area (Å²) in [7, 11) is 0. The molecule has 2 heterocycles. The molecule has 5 aromatic rings. The average molecular weight is 456 g/mol. The fourth-order valence-electron chi connectivity index (χ4n) is 3.44. The predicted octanol–water partition coefficient (Wildman–Crippen LogP) is 5.91. The fraction of sp³-hybridized carbons (Fsp3) is 0.0385. The summed E-state index contributed by atoms with van der Waals surface area (Å²) in [6, 6.07) is 21.6. The number of halogens is 1. The molecule has 5 rings (SSSR count). The number of furan rings is 1. The summed E-state index contributed by atoms with van der Waals surface area (Å²) >= 11 is 6.12. The molecule has 0 aliphatic carbocycles. The molecule has 0 fully saturated rings. The van der Waals surface area contributed by atoms with Crippen LogP contribution in [0.1, 0.15) is 5.56 Å². The molecule has 0 N–H and O–H groups in total. The van der Waals surface area contributed by atoms with Gasteiger partial charge in [0.05, 0.1) is 17.1 Å². The number of hydrogen-bond acceptors (Lipinski definition) is 5. The van der Waals surface area contributed by atoms with E-state index in [0.29, 0.717) is 39.7 Å². The quantitative estimate of drug-likeness (QED) is 0.236. The number of nitrogens with zero attached hydrogens (tertiary/aromatic N) is 3. The van der Waals surface area contributed by atoms with Gasteiger partial charge in [-0.1, -0.05) is 36.4 Å². The van der Waals surface area contributed by atoms with E-state index < -0.39 is 0 Å². The average Bonchev–Trinajstić information content (AvgIpc) is 3.26. The molecule has 0 bridgehead atoms. The zero-order chi connectivity index (χ0) is 22.8. The summed E-state index contributed by atoms with van der Waals surface area (Å²) in [5.41, 5.74) is 1.70. The number of rotatable bonds is 6. The van der Waals surface area contributed by atoms with Gasteiger partial charge in [0.1, 0.15) is 17.9 Å². The molecular weight excluding hydrogens is 438 g/mol. The van der Waals surface area contributed by atoms with Crippen molar-refractivity contribution < 1.29 is 9.15 Å². The Morgan fingerprint density at radius 2 is 1.91 bits per heavy atom. The monoisotopic (exact) mass is 455 g/mol. The number of ether oxygens (including phenoxy) is 1. The minimum atomic E-state index is -0.295. The van der Waals surface area contributed by atoms with E-state index in [0.717, 1.165) is 16.7 Å². The lowest BCUT2D eigenvalue weighted by Gasteiger charge is -2.07. The first-order valence-corrected chi connectivity index (χ1v) is 10.6. The van der Waals surface area contributed by atoms with Gasteiger partial charge in [-0.2, -0.15) is 9.78 Å². The Bertz CT molecular complexity index is 1570. The van der Waals surface area contributed by atoms with Crippen molar-refractivity contribution in [2.24, 2.45) is 5.10 Å². The highest BCUT2D eigenvalue weighted by atomic mass is 35.5. The van der Waals surface area contributed by atoms with Crippen molar-refractivity contribution >= 4 is 39.7 Å². The van der Waals surface area contributed by atoms with Crippen LogP contribution in [-0.2, 0) is 0 Å². The SMILES string of the molecule is C=CCOc1ccc(C=Nn2c(-c3cc4cc(Cl)ccc4o3)nc3ccccc3c2=O)cc1. The molecule has 33 heavy (non-hydrogen) atoms. The molecule has 0 spiro atoms. The normalized spacial score (nSPS) is 11.4. The fourth-order valence-corrected chi connectivity index (χ4v) is 3.62. The van der Waals surface area contributed by atoms with Crippen molar-refractivity contribution in [3.05, 3.63) is 106 Å². The van der Waals surface area contributed by atoms with Crippen molar-refractivity contribution in [2.45, 2.75) is 0 Å². The zero-order valence-corrected chi connectivity index (χ0v) is 18.2.